The molecule has 1 aromatic rings. The van der Waals surface area contributed by atoms with E-state index in [0.29, 0.717) is 0 Å². The van der Waals surface area contributed by atoms with Crippen molar-refractivity contribution in [3.05, 3.63) is 70.8 Å². The average molecular weight is 355 g/mol. The smallest absolute Gasteiger partial charge is 0.0934 e. The van der Waals surface area contributed by atoms with E-state index in [-0.39, 0.29) is 0 Å². The van der Waals surface area contributed by atoms with Crippen molar-refractivity contribution in [2.45, 2.75) is 86.0 Å². The van der Waals surface area contributed by atoms with Crippen LogP contribution in [0.25, 0.3) is 0 Å². The Hall–Kier alpha value is -1.76. The van der Waals surface area contributed by atoms with Crippen LogP contribution in [0.5, 0.6) is 0 Å². The van der Waals surface area contributed by atoms with E-state index in [1.54, 1.807) is 6.26 Å². The zero-order valence-corrected chi connectivity index (χ0v) is 17.6. The first-order valence-electron chi connectivity index (χ1n) is 10.1. The maximum Gasteiger partial charge on any atom is 0.0934 e. The van der Waals surface area contributed by atoms with Crippen LogP contribution in [-0.4, -0.2) is 0 Å². The maximum atomic E-state index is 5.10. The fourth-order valence-electron chi connectivity index (χ4n) is 2.91. The molecule has 1 nitrogen and oxygen atoms in total. The Labute approximate surface area is 161 Å². The molecule has 144 valence electrons. The van der Waals surface area contributed by atoms with E-state index in [1.807, 2.05) is 12.3 Å². The van der Waals surface area contributed by atoms with Crippen molar-refractivity contribution in [2.75, 3.05) is 0 Å². The minimum absolute atomic E-state index is 1.07. The number of allylic oxidation sites excluding steroid dienone is 8. The first-order valence-corrected chi connectivity index (χ1v) is 10.1. The van der Waals surface area contributed by atoms with E-state index in [0.717, 1.165) is 19.3 Å². The molecule has 0 amide bonds. The fraction of sp³-hybridized carbons (Fsp3) is 0.520. The third-order valence-electron chi connectivity index (χ3n) is 4.66. The molecular formula is C25H38O. The Morgan fingerprint density at radius 2 is 1.23 bits per heavy atom. The van der Waals surface area contributed by atoms with E-state index < -0.39 is 0 Å². The fourth-order valence-corrected chi connectivity index (χ4v) is 2.91. The number of hydrogen-bond donors (Lipinski definition) is 0. The molecule has 0 aliphatic heterocycles. The second-order valence-electron chi connectivity index (χ2n) is 7.72. The summed E-state index contributed by atoms with van der Waals surface area (Å²) in [7, 11) is 0. The first-order chi connectivity index (χ1) is 12.5. The highest BCUT2D eigenvalue weighted by Gasteiger charge is 1.95. The summed E-state index contributed by atoms with van der Waals surface area (Å²) in [6.07, 6.45) is 22.3. The molecule has 1 rings (SSSR count). The number of aryl methyl sites for hydroxylation is 1. The predicted octanol–water partition coefficient (Wildman–Crippen LogP) is 8.36. The molecule has 26 heavy (non-hydrogen) atoms. The van der Waals surface area contributed by atoms with Gasteiger partial charge in [0.1, 0.15) is 0 Å². The molecule has 0 bridgehead atoms. The van der Waals surface area contributed by atoms with E-state index in [9.17, 15) is 0 Å². The van der Waals surface area contributed by atoms with Crippen LogP contribution in [0.15, 0.2) is 69.6 Å². The van der Waals surface area contributed by atoms with Crippen molar-refractivity contribution in [3.63, 3.8) is 0 Å². The van der Waals surface area contributed by atoms with Crippen molar-refractivity contribution in [3.8, 4) is 0 Å². The summed E-state index contributed by atoms with van der Waals surface area (Å²) in [5.74, 6) is 0. The average Bonchev–Trinajstić information content (AvgIpc) is 3.08. The molecule has 0 unspecified atom stereocenters. The number of rotatable bonds is 12. The largest absolute Gasteiger partial charge is 0.472 e. The summed E-state index contributed by atoms with van der Waals surface area (Å²) in [5, 5.41) is 0. The van der Waals surface area contributed by atoms with Gasteiger partial charge >= 0.3 is 0 Å². The van der Waals surface area contributed by atoms with Gasteiger partial charge in [-0.2, -0.15) is 0 Å². The van der Waals surface area contributed by atoms with Crippen molar-refractivity contribution in [1.82, 2.24) is 0 Å². The topological polar surface area (TPSA) is 13.1 Å². The third-order valence-corrected chi connectivity index (χ3v) is 4.66. The van der Waals surface area contributed by atoms with Gasteiger partial charge in [0.15, 0.2) is 0 Å². The van der Waals surface area contributed by atoms with Gasteiger partial charge in [-0.3, -0.25) is 0 Å². The molecule has 0 aliphatic rings. The second-order valence-corrected chi connectivity index (χ2v) is 7.72. The Morgan fingerprint density at radius 3 is 1.69 bits per heavy atom. The van der Waals surface area contributed by atoms with Crippen molar-refractivity contribution >= 4 is 0 Å². The molecule has 0 saturated carbocycles. The Kier molecular flexibility index (Phi) is 11.5. The highest BCUT2D eigenvalue weighted by atomic mass is 16.3. The molecule has 1 heteroatoms. The first kappa shape index (κ1) is 22.3. The monoisotopic (exact) mass is 354 g/mol. The quantitative estimate of drug-likeness (QED) is 0.344. The van der Waals surface area contributed by atoms with E-state index >= 15 is 0 Å². The highest BCUT2D eigenvalue weighted by Crippen LogP contribution is 2.14. The molecule has 0 atom stereocenters. The van der Waals surface area contributed by atoms with E-state index in [4.69, 9.17) is 4.42 Å². The van der Waals surface area contributed by atoms with Gasteiger partial charge < -0.3 is 4.42 Å². The minimum Gasteiger partial charge on any atom is -0.472 e. The van der Waals surface area contributed by atoms with Gasteiger partial charge in [0, 0.05) is 0 Å². The molecule has 1 aromatic heterocycles. The summed E-state index contributed by atoms with van der Waals surface area (Å²) in [6, 6.07) is 2.05. The van der Waals surface area contributed by atoms with Gasteiger partial charge in [0.2, 0.25) is 0 Å². The summed E-state index contributed by atoms with van der Waals surface area (Å²) < 4.78 is 5.10. The third kappa shape index (κ3) is 11.7. The van der Waals surface area contributed by atoms with Gasteiger partial charge in [-0.1, -0.05) is 46.6 Å². The molecule has 0 saturated heterocycles. The van der Waals surface area contributed by atoms with Crippen LogP contribution >= 0.6 is 0 Å². The lowest BCUT2D eigenvalue weighted by Gasteiger charge is -2.03. The molecule has 0 N–H and O–H groups in total. The zero-order chi connectivity index (χ0) is 19.2. The predicted molar refractivity (Wildman–Crippen MR) is 115 cm³/mol. The molecule has 1 heterocycles. The van der Waals surface area contributed by atoms with Gasteiger partial charge in [0.25, 0.3) is 0 Å². The highest BCUT2D eigenvalue weighted by molar-refractivity contribution is 5.09. The van der Waals surface area contributed by atoms with Crippen LogP contribution in [0.4, 0.5) is 0 Å². The van der Waals surface area contributed by atoms with Crippen LogP contribution in [0.2, 0.25) is 0 Å². The standard InChI is InChI=1S/C25H38O/c1-21(2)10-6-11-22(3)12-7-13-23(4)14-8-15-24(5)16-9-17-25-18-19-26-20-25/h10,12,14,16,18-20H,6-9,11,13,15,17H2,1-5H3/b22-12+,23-14-,24-16+. The lowest BCUT2D eigenvalue weighted by molar-refractivity contribution is 0.564. The lowest BCUT2D eigenvalue weighted by Crippen LogP contribution is -1.83. The summed E-state index contributed by atoms with van der Waals surface area (Å²) in [6.45, 7) is 11.1. The molecular weight excluding hydrogens is 316 g/mol. The van der Waals surface area contributed by atoms with Gasteiger partial charge in [-0.05, 0) is 97.6 Å². The normalized spacial score (nSPS) is 13.2. The van der Waals surface area contributed by atoms with Crippen molar-refractivity contribution < 1.29 is 4.42 Å². The van der Waals surface area contributed by atoms with Crippen LogP contribution in [-0.2, 0) is 6.42 Å². The van der Waals surface area contributed by atoms with Gasteiger partial charge in [-0.15, -0.1) is 0 Å². The van der Waals surface area contributed by atoms with Crippen LogP contribution in [0.1, 0.15) is 85.1 Å². The molecule has 0 spiro atoms. The van der Waals surface area contributed by atoms with Crippen LogP contribution in [0, 0.1) is 0 Å². The number of furan rings is 1. The maximum absolute atomic E-state index is 5.10. The molecule has 0 aromatic carbocycles. The van der Waals surface area contributed by atoms with Crippen LogP contribution in [0.3, 0.4) is 0 Å². The Bertz CT molecular complexity index is 605. The minimum atomic E-state index is 1.07. The molecule has 0 aliphatic carbocycles. The summed E-state index contributed by atoms with van der Waals surface area (Å²) in [5.41, 5.74) is 7.24. The number of hydrogen-bond acceptors (Lipinski definition) is 1. The Balaban J connectivity index is 2.18. The van der Waals surface area contributed by atoms with E-state index in [1.165, 1.54) is 60.0 Å². The van der Waals surface area contributed by atoms with E-state index in [2.05, 4.69) is 58.9 Å². The second kappa shape index (κ2) is 13.4. The Morgan fingerprint density at radius 1 is 0.731 bits per heavy atom. The van der Waals surface area contributed by atoms with Crippen molar-refractivity contribution in [1.29, 1.82) is 0 Å². The molecule has 0 fully saturated rings. The SMILES string of the molecule is CC(C)=CCC/C(C)=C/CC/C(C)=C\CC/C(C)=C/CCc1ccoc1. The summed E-state index contributed by atoms with van der Waals surface area (Å²) in [4.78, 5) is 0. The van der Waals surface area contributed by atoms with Gasteiger partial charge in [-0.25, -0.2) is 0 Å². The van der Waals surface area contributed by atoms with Crippen LogP contribution < -0.4 is 0 Å². The zero-order valence-electron chi connectivity index (χ0n) is 17.6. The van der Waals surface area contributed by atoms with Gasteiger partial charge in [0.05, 0.1) is 12.5 Å². The lowest BCUT2D eigenvalue weighted by atomic mass is 10.0. The van der Waals surface area contributed by atoms with Crippen molar-refractivity contribution in [2.24, 2.45) is 0 Å². The summed E-state index contributed by atoms with van der Waals surface area (Å²) >= 11 is 0. The molecule has 0 radical (unpaired) electrons.